The van der Waals surface area contributed by atoms with Crippen molar-refractivity contribution < 1.29 is 9.53 Å². The fraction of sp³-hybridized carbons (Fsp3) is 0.444. The van der Waals surface area contributed by atoms with Crippen molar-refractivity contribution in [3.8, 4) is 10.8 Å². The number of benzene rings is 1. The lowest BCUT2D eigenvalue weighted by Gasteiger charge is -2.44. The van der Waals surface area contributed by atoms with Gasteiger partial charge in [0.2, 0.25) is 5.06 Å². The Balaban J connectivity index is 1.41. The van der Waals surface area contributed by atoms with Crippen molar-refractivity contribution in [3.63, 3.8) is 0 Å². The van der Waals surface area contributed by atoms with Gasteiger partial charge in [-0.15, -0.1) is 0 Å². The number of aryl methyl sites for hydroxylation is 1. The average Bonchev–Trinajstić information content (AvgIpc) is 3.07. The first-order valence-electron chi connectivity index (χ1n) is 8.41. The molecule has 0 radical (unpaired) electrons. The summed E-state index contributed by atoms with van der Waals surface area (Å²) in [5.74, 6) is 1.32. The summed E-state index contributed by atoms with van der Waals surface area (Å²) >= 11 is 1.29. The molecule has 5 rings (SSSR count). The molecule has 3 aliphatic rings. The minimum Gasteiger partial charge on any atom is -0.445 e. The van der Waals surface area contributed by atoms with Crippen molar-refractivity contribution in [1.82, 2.24) is 15.2 Å². The van der Waals surface area contributed by atoms with E-state index in [4.69, 9.17) is 4.74 Å². The van der Waals surface area contributed by atoms with Gasteiger partial charge in [0, 0.05) is 12.6 Å². The highest BCUT2D eigenvalue weighted by Crippen LogP contribution is 2.31. The van der Waals surface area contributed by atoms with Gasteiger partial charge in [0.25, 0.3) is 5.91 Å². The van der Waals surface area contributed by atoms with Gasteiger partial charge in [0.1, 0.15) is 5.75 Å². The van der Waals surface area contributed by atoms with Crippen LogP contribution < -0.4 is 10.1 Å². The molecule has 4 heterocycles. The van der Waals surface area contributed by atoms with Gasteiger partial charge in [-0.3, -0.25) is 4.79 Å². The Bertz CT molecular complexity index is 737. The molecule has 3 aliphatic heterocycles. The summed E-state index contributed by atoms with van der Waals surface area (Å²) in [6.07, 6.45) is 4.00. The second-order valence-electron chi connectivity index (χ2n) is 6.57. The zero-order valence-electron chi connectivity index (χ0n) is 13.7. The molecular formula is C18H21N3O2S. The van der Waals surface area contributed by atoms with Crippen molar-refractivity contribution in [2.45, 2.75) is 25.8 Å². The first kappa shape index (κ1) is 15.6. The average molecular weight is 343 g/mol. The number of piperidine rings is 3. The zero-order valence-corrected chi connectivity index (χ0v) is 14.5. The highest BCUT2D eigenvalue weighted by Gasteiger charge is 2.35. The molecule has 24 heavy (non-hydrogen) atoms. The van der Waals surface area contributed by atoms with Gasteiger partial charge in [-0.1, -0.05) is 29.5 Å². The molecule has 1 aromatic heterocycles. The Morgan fingerprint density at radius 2 is 2.12 bits per heavy atom. The number of aromatic nitrogens is 1. The minimum absolute atomic E-state index is 0.0848. The summed E-state index contributed by atoms with van der Waals surface area (Å²) in [6, 6.07) is 8.08. The molecule has 0 spiro atoms. The van der Waals surface area contributed by atoms with E-state index in [1.807, 2.05) is 31.2 Å². The third-order valence-corrected chi connectivity index (χ3v) is 5.83. The lowest BCUT2D eigenvalue weighted by molar-refractivity contribution is 0.0620. The molecule has 126 valence electrons. The second-order valence-corrected chi connectivity index (χ2v) is 7.56. The van der Waals surface area contributed by atoms with Gasteiger partial charge in [0.05, 0.1) is 6.20 Å². The third-order valence-electron chi connectivity index (χ3n) is 4.96. The molecule has 3 saturated heterocycles. The number of hydrogen-bond acceptors (Lipinski definition) is 5. The maximum Gasteiger partial charge on any atom is 0.280 e. The van der Waals surface area contributed by atoms with Crippen LogP contribution >= 0.6 is 11.3 Å². The number of nitrogens with zero attached hydrogens (tertiary/aromatic N) is 2. The van der Waals surface area contributed by atoms with E-state index in [9.17, 15) is 4.79 Å². The fourth-order valence-electron chi connectivity index (χ4n) is 3.55. The van der Waals surface area contributed by atoms with Crippen molar-refractivity contribution in [2.75, 3.05) is 19.6 Å². The molecule has 2 bridgehead atoms. The lowest BCUT2D eigenvalue weighted by Crippen LogP contribution is -2.57. The summed E-state index contributed by atoms with van der Waals surface area (Å²) in [4.78, 5) is 19.2. The molecule has 1 amide bonds. The zero-order chi connectivity index (χ0) is 16.5. The van der Waals surface area contributed by atoms with Gasteiger partial charge in [-0.2, -0.15) is 0 Å². The second kappa shape index (κ2) is 6.53. The molecule has 2 aromatic rings. The van der Waals surface area contributed by atoms with E-state index in [2.05, 4.69) is 15.2 Å². The lowest BCUT2D eigenvalue weighted by atomic mass is 9.84. The number of nitrogens with one attached hydrogen (secondary N) is 1. The van der Waals surface area contributed by atoms with Gasteiger partial charge < -0.3 is 15.0 Å². The quantitative estimate of drug-likeness (QED) is 0.927. The Hall–Kier alpha value is -1.92. The Labute approximate surface area is 145 Å². The first-order chi connectivity index (χ1) is 11.7. The van der Waals surface area contributed by atoms with Crippen LogP contribution in [0.5, 0.6) is 10.8 Å². The number of rotatable bonds is 4. The number of hydrogen-bond donors (Lipinski definition) is 1. The van der Waals surface area contributed by atoms with Crippen LogP contribution in [0.25, 0.3) is 0 Å². The van der Waals surface area contributed by atoms with Crippen LogP contribution in [0.1, 0.15) is 28.2 Å². The number of ether oxygens (including phenoxy) is 1. The van der Waals surface area contributed by atoms with Crippen LogP contribution in [0, 0.1) is 12.8 Å². The molecular weight excluding hydrogens is 322 g/mol. The van der Waals surface area contributed by atoms with E-state index in [0.29, 0.717) is 16.0 Å². The molecule has 1 aromatic carbocycles. The standard InChI is InChI=1S/C18H21N3O2S/c1-12-4-2-3-5-15(12)23-16-10-19-18(24-16)17(22)20-14-11-21-8-6-13(14)7-9-21/h2-5,10,13-14H,6-9,11H2,1H3,(H,20,22)/t14-/m0/s1. The third kappa shape index (κ3) is 3.16. The minimum atomic E-state index is -0.0848. The van der Waals surface area contributed by atoms with Crippen LogP contribution in [0.2, 0.25) is 0 Å². The summed E-state index contributed by atoms with van der Waals surface area (Å²) in [5.41, 5.74) is 1.06. The maximum atomic E-state index is 12.5. The molecule has 3 fully saturated rings. The van der Waals surface area contributed by atoms with E-state index in [1.54, 1.807) is 6.20 Å². The van der Waals surface area contributed by atoms with Crippen LogP contribution in [-0.4, -0.2) is 41.5 Å². The van der Waals surface area contributed by atoms with Crippen LogP contribution in [0.4, 0.5) is 0 Å². The predicted molar refractivity (Wildman–Crippen MR) is 93.8 cm³/mol. The summed E-state index contributed by atoms with van der Waals surface area (Å²) < 4.78 is 5.85. The molecule has 5 nitrogen and oxygen atoms in total. The number of carbonyl (C=O) groups is 1. The SMILES string of the molecule is Cc1ccccc1Oc1cnc(C(=O)N[C@H]2CN3CCC2CC3)s1. The molecule has 0 unspecified atom stereocenters. The first-order valence-corrected chi connectivity index (χ1v) is 9.23. The number of thiazole rings is 1. The molecule has 0 aliphatic carbocycles. The number of carbonyl (C=O) groups excluding carboxylic acids is 1. The topological polar surface area (TPSA) is 54.5 Å². The normalized spacial score (nSPS) is 25.5. The summed E-state index contributed by atoms with van der Waals surface area (Å²) in [6.45, 7) is 5.30. The highest BCUT2D eigenvalue weighted by atomic mass is 32.1. The molecule has 1 atom stereocenters. The van der Waals surface area contributed by atoms with Crippen molar-refractivity contribution in [2.24, 2.45) is 5.92 Å². The smallest absolute Gasteiger partial charge is 0.280 e. The van der Waals surface area contributed by atoms with Crippen LogP contribution in [-0.2, 0) is 0 Å². The number of para-hydroxylation sites is 1. The number of amides is 1. The van der Waals surface area contributed by atoms with Crippen molar-refractivity contribution in [1.29, 1.82) is 0 Å². The van der Waals surface area contributed by atoms with Gasteiger partial charge in [0.15, 0.2) is 5.01 Å². The van der Waals surface area contributed by atoms with Gasteiger partial charge in [-0.05, 0) is 50.4 Å². The van der Waals surface area contributed by atoms with Gasteiger partial charge in [-0.25, -0.2) is 4.98 Å². The monoisotopic (exact) mass is 343 g/mol. The van der Waals surface area contributed by atoms with Crippen LogP contribution in [0.3, 0.4) is 0 Å². The van der Waals surface area contributed by atoms with E-state index in [0.717, 1.165) is 17.9 Å². The summed E-state index contributed by atoms with van der Waals surface area (Å²) in [5, 5.41) is 4.28. The van der Waals surface area contributed by atoms with E-state index in [-0.39, 0.29) is 11.9 Å². The summed E-state index contributed by atoms with van der Waals surface area (Å²) in [7, 11) is 0. The predicted octanol–water partition coefficient (Wildman–Crippen LogP) is 3.07. The highest BCUT2D eigenvalue weighted by molar-refractivity contribution is 7.15. The molecule has 6 heteroatoms. The van der Waals surface area contributed by atoms with Crippen molar-refractivity contribution in [3.05, 3.63) is 41.0 Å². The van der Waals surface area contributed by atoms with Crippen LogP contribution in [0.15, 0.2) is 30.5 Å². The number of fused-ring (bicyclic) bond motifs is 3. The van der Waals surface area contributed by atoms with E-state index < -0.39 is 0 Å². The fourth-order valence-corrected chi connectivity index (χ4v) is 4.23. The van der Waals surface area contributed by atoms with E-state index in [1.165, 1.54) is 37.3 Å². The maximum absolute atomic E-state index is 12.5. The van der Waals surface area contributed by atoms with Gasteiger partial charge >= 0.3 is 0 Å². The Morgan fingerprint density at radius 3 is 2.83 bits per heavy atom. The Morgan fingerprint density at radius 1 is 1.33 bits per heavy atom. The molecule has 1 N–H and O–H groups in total. The largest absolute Gasteiger partial charge is 0.445 e. The Kier molecular flexibility index (Phi) is 4.24. The molecule has 0 saturated carbocycles. The van der Waals surface area contributed by atoms with E-state index >= 15 is 0 Å². The van der Waals surface area contributed by atoms with Crippen molar-refractivity contribution >= 4 is 17.2 Å².